The molecule has 2 aliphatic heterocycles. The van der Waals surface area contributed by atoms with Gasteiger partial charge in [0, 0.05) is 13.0 Å². The highest BCUT2D eigenvalue weighted by atomic mass is 16.5. The summed E-state index contributed by atoms with van der Waals surface area (Å²) in [5.41, 5.74) is 0. The molecule has 0 atom stereocenters. The average Bonchev–Trinajstić information content (AvgIpc) is 2.66. The Morgan fingerprint density at radius 3 is 2.67 bits per heavy atom. The standard InChI is InChI=1S/C11H21N2O2/c1-2-13(6-8-15-9-7-13)10-12-5-3-4-11(12)14/h2-10H2,1H3/q+1. The fourth-order valence-electron chi connectivity index (χ4n) is 2.50. The Morgan fingerprint density at radius 2 is 2.13 bits per heavy atom. The van der Waals surface area contributed by atoms with Crippen molar-refractivity contribution in [3.05, 3.63) is 0 Å². The zero-order valence-corrected chi connectivity index (χ0v) is 9.57. The van der Waals surface area contributed by atoms with Gasteiger partial charge in [-0.2, -0.15) is 0 Å². The molecule has 0 aliphatic carbocycles. The molecule has 2 fully saturated rings. The summed E-state index contributed by atoms with van der Waals surface area (Å²) in [6.07, 6.45) is 1.79. The van der Waals surface area contributed by atoms with Crippen molar-refractivity contribution in [2.45, 2.75) is 19.8 Å². The van der Waals surface area contributed by atoms with E-state index in [0.29, 0.717) is 5.91 Å². The monoisotopic (exact) mass is 213 g/mol. The van der Waals surface area contributed by atoms with Crippen molar-refractivity contribution < 1.29 is 14.0 Å². The van der Waals surface area contributed by atoms with E-state index in [1.807, 2.05) is 4.90 Å². The van der Waals surface area contributed by atoms with Crippen molar-refractivity contribution >= 4 is 5.91 Å². The summed E-state index contributed by atoms with van der Waals surface area (Å²) in [5.74, 6) is 0.340. The van der Waals surface area contributed by atoms with Crippen LogP contribution in [0.2, 0.25) is 0 Å². The Morgan fingerprint density at radius 1 is 1.40 bits per heavy atom. The second-order valence-corrected chi connectivity index (χ2v) is 4.62. The van der Waals surface area contributed by atoms with Gasteiger partial charge in [0.1, 0.15) is 13.1 Å². The van der Waals surface area contributed by atoms with Gasteiger partial charge >= 0.3 is 0 Å². The number of morpholine rings is 1. The molecular formula is C11H21N2O2+. The molecule has 0 N–H and O–H groups in total. The molecule has 15 heavy (non-hydrogen) atoms. The van der Waals surface area contributed by atoms with Crippen LogP contribution in [0.3, 0.4) is 0 Å². The molecule has 0 unspecified atom stereocenters. The molecule has 0 aromatic heterocycles. The Labute approximate surface area is 91.4 Å². The first kappa shape index (κ1) is 10.9. The van der Waals surface area contributed by atoms with Crippen molar-refractivity contribution in [3.63, 3.8) is 0 Å². The third kappa shape index (κ3) is 2.32. The van der Waals surface area contributed by atoms with E-state index in [-0.39, 0.29) is 0 Å². The first-order valence-electron chi connectivity index (χ1n) is 5.96. The van der Waals surface area contributed by atoms with Gasteiger partial charge in [0.15, 0.2) is 6.67 Å². The zero-order chi connectivity index (χ0) is 10.7. The lowest BCUT2D eigenvalue weighted by Crippen LogP contribution is -2.59. The van der Waals surface area contributed by atoms with Gasteiger partial charge in [0.05, 0.1) is 19.8 Å². The highest BCUT2D eigenvalue weighted by Gasteiger charge is 2.33. The van der Waals surface area contributed by atoms with E-state index in [9.17, 15) is 4.79 Å². The van der Waals surface area contributed by atoms with Crippen molar-refractivity contribution in [2.24, 2.45) is 0 Å². The van der Waals surface area contributed by atoms with Gasteiger partial charge in [-0.1, -0.05) is 0 Å². The van der Waals surface area contributed by atoms with Gasteiger partial charge < -0.3 is 9.22 Å². The molecule has 2 rings (SSSR count). The van der Waals surface area contributed by atoms with Crippen molar-refractivity contribution in [1.29, 1.82) is 0 Å². The van der Waals surface area contributed by atoms with E-state index in [1.54, 1.807) is 0 Å². The number of likely N-dealkylation sites (N-methyl/N-ethyl adjacent to an activating group) is 1. The minimum atomic E-state index is 0.340. The summed E-state index contributed by atoms with van der Waals surface area (Å²) in [5, 5.41) is 0. The van der Waals surface area contributed by atoms with Gasteiger partial charge in [-0.25, -0.2) is 0 Å². The van der Waals surface area contributed by atoms with E-state index < -0.39 is 0 Å². The normalized spacial score (nSPS) is 25.9. The van der Waals surface area contributed by atoms with Crippen LogP contribution < -0.4 is 0 Å². The van der Waals surface area contributed by atoms with E-state index in [2.05, 4.69) is 6.92 Å². The maximum absolute atomic E-state index is 11.6. The van der Waals surface area contributed by atoms with Gasteiger partial charge in [-0.15, -0.1) is 0 Å². The van der Waals surface area contributed by atoms with Crippen LogP contribution in [0.1, 0.15) is 19.8 Å². The molecular weight excluding hydrogens is 192 g/mol. The van der Waals surface area contributed by atoms with Gasteiger partial charge in [-0.05, 0) is 13.3 Å². The summed E-state index contributed by atoms with van der Waals surface area (Å²) in [6.45, 7) is 8.98. The smallest absolute Gasteiger partial charge is 0.226 e. The Bertz CT molecular complexity index is 237. The minimum absolute atomic E-state index is 0.340. The number of carbonyl (C=O) groups is 1. The van der Waals surface area contributed by atoms with Crippen LogP contribution in [0.5, 0.6) is 0 Å². The fourth-order valence-corrected chi connectivity index (χ4v) is 2.50. The summed E-state index contributed by atoms with van der Waals surface area (Å²) < 4.78 is 6.43. The van der Waals surface area contributed by atoms with Crippen molar-refractivity contribution in [1.82, 2.24) is 4.90 Å². The minimum Gasteiger partial charge on any atom is -0.370 e. The highest BCUT2D eigenvalue weighted by Crippen LogP contribution is 2.17. The number of nitrogens with zero attached hydrogens (tertiary/aromatic N) is 2. The summed E-state index contributed by atoms with van der Waals surface area (Å²) in [4.78, 5) is 13.6. The second kappa shape index (κ2) is 4.49. The number of hydrogen-bond donors (Lipinski definition) is 0. The maximum Gasteiger partial charge on any atom is 0.226 e. The lowest BCUT2D eigenvalue weighted by atomic mass is 10.3. The van der Waals surface area contributed by atoms with E-state index >= 15 is 0 Å². The lowest BCUT2D eigenvalue weighted by Gasteiger charge is -2.42. The third-order valence-electron chi connectivity index (χ3n) is 3.73. The summed E-state index contributed by atoms with van der Waals surface area (Å²) in [7, 11) is 0. The predicted octanol–water partition coefficient (Wildman–Crippen LogP) is 0.433. The highest BCUT2D eigenvalue weighted by molar-refractivity contribution is 5.77. The van der Waals surface area contributed by atoms with Crippen LogP contribution in [0.4, 0.5) is 0 Å². The predicted molar refractivity (Wildman–Crippen MR) is 57.2 cm³/mol. The Balaban J connectivity index is 1.97. The molecule has 0 aromatic carbocycles. The number of hydrogen-bond acceptors (Lipinski definition) is 2. The Kier molecular flexibility index (Phi) is 3.26. The number of likely N-dealkylation sites (tertiary alicyclic amines) is 1. The lowest BCUT2D eigenvalue weighted by molar-refractivity contribution is -0.941. The fraction of sp³-hybridized carbons (Fsp3) is 0.909. The second-order valence-electron chi connectivity index (χ2n) is 4.62. The van der Waals surface area contributed by atoms with Crippen LogP contribution >= 0.6 is 0 Å². The van der Waals surface area contributed by atoms with Gasteiger partial charge in [-0.3, -0.25) is 9.69 Å². The molecule has 0 spiro atoms. The SMILES string of the molecule is CC[N+]1(CN2CCCC2=O)CCOCC1. The van der Waals surface area contributed by atoms with E-state index in [1.165, 1.54) is 0 Å². The molecule has 0 bridgehead atoms. The summed E-state index contributed by atoms with van der Waals surface area (Å²) >= 11 is 0. The molecule has 4 nitrogen and oxygen atoms in total. The van der Waals surface area contributed by atoms with Crippen LogP contribution in [-0.2, 0) is 9.53 Å². The molecule has 1 amide bonds. The molecule has 4 heteroatoms. The third-order valence-corrected chi connectivity index (χ3v) is 3.73. The van der Waals surface area contributed by atoms with Crippen LogP contribution in [0.25, 0.3) is 0 Å². The molecule has 2 heterocycles. The maximum atomic E-state index is 11.6. The number of rotatable bonds is 3. The number of amides is 1. The number of carbonyl (C=O) groups excluding carboxylic acids is 1. The van der Waals surface area contributed by atoms with Gasteiger partial charge in [0.25, 0.3) is 0 Å². The van der Waals surface area contributed by atoms with Crippen LogP contribution in [-0.4, -0.2) is 61.4 Å². The van der Waals surface area contributed by atoms with Crippen LogP contribution in [0, 0.1) is 0 Å². The molecule has 2 saturated heterocycles. The van der Waals surface area contributed by atoms with Crippen molar-refractivity contribution in [2.75, 3.05) is 46.1 Å². The molecule has 0 aromatic rings. The molecule has 86 valence electrons. The van der Waals surface area contributed by atoms with E-state index in [0.717, 1.165) is 63.4 Å². The summed E-state index contributed by atoms with van der Waals surface area (Å²) in [6, 6.07) is 0. The largest absolute Gasteiger partial charge is 0.370 e. The zero-order valence-electron chi connectivity index (χ0n) is 9.57. The first-order valence-corrected chi connectivity index (χ1v) is 5.96. The quantitative estimate of drug-likeness (QED) is 0.636. The van der Waals surface area contributed by atoms with Crippen molar-refractivity contribution in [3.8, 4) is 0 Å². The number of ether oxygens (including phenoxy) is 1. The topological polar surface area (TPSA) is 29.5 Å². The van der Waals surface area contributed by atoms with Gasteiger partial charge in [0.2, 0.25) is 5.91 Å². The van der Waals surface area contributed by atoms with E-state index in [4.69, 9.17) is 4.74 Å². The molecule has 0 saturated carbocycles. The average molecular weight is 213 g/mol. The molecule has 0 radical (unpaired) electrons. The Hall–Kier alpha value is -0.610. The first-order chi connectivity index (χ1) is 7.26. The molecule has 2 aliphatic rings. The van der Waals surface area contributed by atoms with Crippen LogP contribution in [0.15, 0.2) is 0 Å². The number of quaternary nitrogens is 1.